The number of aromatic nitrogens is 1. The summed E-state index contributed by atoms with van der Waals surface area (Å²) in [5.41, 5.74) is 1.51. The number of hydrogen-bond donors (Lipinski definition) is 1. The molecule has 0 bridgehead atoms. The molecule has 1 aromatic heterocycles. The van der Waals surface area contributed by atoms with Crippen LogP contribution < -0.4 is 14.9 Å². The van der Waals surface area contributed by atoms with Gasteiger partial charge in [0, 0.05) is 12.7 Å². The standard InChI is InChI=1S/C22H20N2O3S/c1-3-19(27-17-10-8-14-6-4-5-7-15(14)12-17)21(25)23-16-9-11-18-20(13-16)28-22(26)24(18)2/h4-13,19H,3H2,1-2H3,(H,23,25)/t19-/m1/s1. The molecule has 0 fully saturated rings. The fourth-order valence-corrected chi connectivity index (χ4v) is 4.08. The van der Waals surface area contributed by atoms with E-state index in [-0.39, 0.29) is 10.8 Å². The molecule has 0 radical (unpaired) electrons. The largest absolute Gasteiger partial charge is 0.481 e. The third-order valence-electron chi connectivity index (χ3n) is 4.72. The van der Waals surface area contributed by atoms with Crippen LogP contribution in [0.2, 0.25) is 0 Å². The van der Waals surface area contributed by atoms with Crippen LogP contribution in [0.25, 0.3) is 21.0 Å². The average Bonchev–Trinajstić information content (AvgIpc) is 2.99. The van der Waals surface area contributed by atoms with Gasteiger partial charge in [-0.3, -0.25) is 9.59 Å². The minimum atomic E-state index is -0.605. The Hall–Kier alpha value is -3.12. The molecule has 6 heteroatoms. The molecule has 0 aliphatic carbocycles. The number of aryl methyl sites for hydroxylation is 1. The second-order valence-electron chi connectivity index (χ2n) is 6.62. The fraction of sp³-hybridized carbons (Fsp3) is 0.182. The molecule has 0 unspecified atom stereocenters. The number of hydrogen-bond acceptors (Lipinski definition) is 4. The third-order valence-corrected chi connectivity index (χ3v) is 5.72. The first kappa shape index (κ1) is 18.3. The number of anilines is 1. The maximum absolute atomic E-state index is 12.7. The normalized spacial score (nSPS) is 12.2. The van der Waals surface area contributed by atoms with E-state index in [0.717, 1.165) is 32.3 Å². The number of ether oxygens (including phenoxy) is 1. The molecule has 4 aromatic rings. The highest BCUT2D eigenvalue weighted by Crippen LogP contribution is 2.24. The van der Waals surface area contributed by atoms with Crippen molar-refractivity contribution in [2.24, 2.45) is 7.05 Å². The fourth-order valence-electron chi connectivity index (χ4n) is 3.16. The molecule has 0 saturated heterocycles. The summed E-state index contributed by atoms with van der Waals surface area (Å²) in [6.45, 7) is 1.91. The number of nitrogens with zero attached hydrogens (tertiary/aromatic N) is 1. The van der Waals surface area contributed by atoms with Gasteiger partial charge in [0.05, 0.1) is 10.2 Å². The number of thiazole rings is 1. The second-order valence-corrected chi connectivity index (χ2v) is 7.62. The van der Waals surface area contributed by atoms with Crippen LogP contribution in [0.1, 0.15) is 13.3 Å². The van der Waals surface area contributed by atoms with Gasteiger partial charge in [-0.15, -0.1) is 0 Å². The summed E-state index contributed by atoms with van der Waals surface area (Å²) >= 11 is 1.16. The quantitative estimate of drug-likeness (QED) is 0.542. The molecule has 142 valence electrons. The topological polar surface area (TPSA) is 60.3 Å². The van der Waals surface area contributed by atoms with Gasteiger partial charge in [-0.1, -0.05) is 48.6 Å². The third kappa shape index (κ3) is 3.51. The summed E-state index contributed by atoms with van der Waals surface area (Å²) < 4.78 is 8.39. The lowest BCUT2D eigenvalue weighted by Gasteiger charge is -2.17. The van der Waals surface area contributed by atoms with Crippen LogP contribution in [-0.2, 0) is 11.8 Å². The zero-order valence-electron chi connectivity index (χ0n) is 15.6. The zero-order chi connectivity index (χ0) is 19.7. The minimum absolute atomic E-state index is 0.0236. The van der Waals surface area contributed by atoms with E-state index in [1.54, 1.807) is 17.7 Å². The van der Waals surface area contributed by atoms with Gasteiger partial charge in [0.25, 0.3) is 5.91 Å². The summed E-state index contributed by atoms with van der Waals surface area (Å²) in [6, 6.07) is 19.3. The molecule has 1 amide bonds. The van der Waals surface area contributed by atoms with Crippen LogP contribution in [0.5, 0.6) is 5.75 Å². The van der Waals surface area contributed by atoms with Gasteiger partial charge in [0.1, 0.15) is 5.75 Å². The van der Waals surface area contributed by atoms with Gasteiger partial charge in [-0.25, -0.2) is 0 Å². The smallest absolute Gasteiger partial charge is 0.307 e. The number of carbonyl (C=O) groups is 1. The van der Waals surface area contributed by atoms with Crippen molar-refractivity contribution in [2.75, 3.05) is 5.32 Å². The zero-order valence-corrected chi connectivity index (χ0v) is 16.5. The highest BCUT2D eigenvalue weighted by molar-refractivity contribution is 7.16. The molecular formula is C22H20N2O3S. The Balaban J connectivity index is 1.52. The van der Waals surface area contributed by atoms with Gasteiger partial charge in [0.15, 0.2) is 6.10 Å². The van der Waals surface area contributed by atoms with E-state index in [0.29, 0.717) is 17.9 Å². The summed E-state index contributed by atoms with van der Waals surface area (Å²) in [7, 11) is 1.74. The Bertz CT molecular complexity index is 1230. The van der Waals surface area contributed by atoms with E-state index in [4.69, 9.17) is 4.74 Å². The van der Waals surface area contributed by atoms with Crippen LogP contribution in [0.3, 0.4) is 0 Å². The Kier molecular flexibility index (Phi) is 4.88. The summed E-state index contributed by atoms with van der Waals surface area (Å²) in [4.78, 5) is 24.5. The van der Waals surface area contributed by atoms with E-state index in [2.05, 4.69) is 5.32 Å². The first-order chi connectivity index (χ1) is 13.5. The highest BCUT2D eigenvalue weighted by Gasteiger charge is 2.19. The average molecular weight is 392 g/mol. The number of rotatable bonds is 5. The van der Waals surface area contributed by atoms with E-state index in [9.17, 15) is 9.59 Å². The maximum atomic E-state index is 12.7. The number of fused-ring (bicyclic) bond motifs is 2. The Morgan fingerprint density at radius 2 is 1.89 bits per heavy atom. The molecule has 0 saturated carbocycles. The van der Waals surface area contributed by atoms with Gasteiger partial charge in [-0.05, 0) is 47.5 Å². The molecule has 0 spiro atoms. The lowest BCUT2D eigenvalue weighted by atomic mass is 10.1. The molecule has 3 aromatic carbocycles. The summed E-state index contributed by atoms with van der Waals surface area (Å²) in [6.07, 6.45) is -0.0640. The lowest BCUT2D eigenvalue weighted by Crippen LogP contribution is -2.32. The van der Waals surface area contributed by atoms with E-state index in [1.165, 1.54) is 0 Å². The molecule has 1 atom stereocenters. The summed E-state index contributed by atoms with van der Waals surface area (Å²) in [5, 5.41) is 5.10. The van der Waals surface area contributed by atoms with Crippen molar-refractivity contribution in [3.05, 3.63) is 70.3 Å². The van der Waals surface area contributed by atoms with Crippen LogP contribution >= 0.6 is 11.3 Å². The number of amides is 1. The number of benzene rings is 3. The number of nitrogens with one attached hydrogen (secondary N) is 1. The van der Waals surface area contributed by atoms with Gasteiger partial charge >= 0.3 is 4.87 Å². The second kappa shape index (κ2) is 7.48. The lowest BCUT2D eigenvalue weighted by molar-refractivity contribution is -0.122. The Morgan fingerprint density at radius 3 is 2.68 bits per heavy atom. The molecule has 1 heterocycles. The number of carbonyl (C=O) groups excluding carboxylic acids is 1. The molecule has 4 rings (SSSR count). The SMILES string of the molecule is CC[C@@H](Oc1ccc2ccccc2c1)C(=O)Nc1ccc2c(c1)sc(=O)n2C. The Labute approximate surface area is 166 Å². The van der Waals surface area contributed by atoms with Gasteiger partial charge < -0.3 is 14.6 Å². The van der Waals surface area contributed by atoms with Crippen molar-refractivity contribution < 1.29 is 9.53 Å². The molecule has 5 nitrogen and oxygen atoms in total. The molecule has 28 heavy (non-hydrogen) atoms. The van der Waals surface area contributed by atoms with Gasteiger partial charge in [0.2, 0.25) is 0 Å². The summed E-state index contributed by atoms with van der Waals surface area (Å²) in [5.74, 6) is 0.454. The predicted octanol–water partition coefficient (Wildman–Crippen LogP) is 4.55. The van der Waals surface area contributed by atoms with Crippen LogP contribution in [-0.4, -0.2) is 16.6 Å². The molecule has 0 aliphatic heterocycles. The van der Waals surface area contributed by atoms with Crippen LogP contribution in [0.4, 0.5) is 5.69 Å². The Morgan fingerprint density at radius 1 is 1.11 bits per heavy atom. The van der Waals surface area contributed by atoms with Crippen LogP contribution in [0.15, 0.2) is 65.5 Å². The van der Waals surface area contributed by atoms with Gasteiger partial charge in [-0.2, -0.15) is 0 Å². The maximum Gasteiger partial charge on any atom is 0.307 e. The van der Waals surface area contributed by atoms with Crippen molar-refractivity contribution in [1.82, 2.24) is 4.57 Å². The van der Waals surface area contributed by atoms with Crippen molar-refractivity contribution >= 4 is 43.9 Å². The van der Waals surface area contributed by atoms with E-state index in [1.807, 2.05) is 61.5 Å². The van der Waals surface area contributed by atoms with Crippen LogP contribution in [0, 0.1) is 0 Å². The monoisotopic (exact) mass is 392 g/mol. The van der Waals surface area contributed by atoms with E-state index >= 15 is 0 Å². The molecule has 0 aliphatic rings. The van der Waals surface area contributed by atoms with Crippen molar-refractivity contribution in [1.29, 1.82) is 0 Å². The first-order valence-corrected chi connectivity index (χ1v) is 9.92. The van der Waals surface area contributed by atoms with Crippen molar-refractivity contribution in [3.63, 3.8) is 0 Å². The van der Waals surface area contributed by atoms with Crippen molar-refractivity contribution in [2.45, 2.75) is 19.4 Å². The van der Waals surface area contributed by atoms with Crippen molar-refractivity contribution in [3.8, 4) is 5.75 Å². The minimum Gasteiger partial charge on any atom is -0.481 e. The predicted molar refractivity (Wildman–Crippen MR) is 114 cm³/mol. The molecule has 1 N–H and O–H groups in total. The highest BCUT2D eigenvalue weighted by atomic mass is 32.1. The van der Waals surface area contributed by atoms with E-state index < -0.39 is 6.10 Å². The molecular weight excluding hydrogens is 372 g/mol. The first-order valence-electron chi connectivity index (χ1n) is 9.11.